The van der Waals surface area contributed by atoms with Gasteiger partial charge in [-0.1, -0.05) is 41.5 Å². The molecule has 0 saturated carbocycles. The first-order valence-electron chi connectivity index (χ1n) is 11.7. The van der Waals surface area contributed by atoms with E-state index in [0.717, 1.165) is 28.8 Å². The standard InChI is InChI=1S/C21H21N9O.2C2H6/c1-12-6-17-24-11-16-15(8-21(2,3)18(16)30(17)29-12)20(31)27-14-7-13(9-23)19(25-10-14)28-26-5-4-22;2*1-2/h4-7,10-11,15,22H,8H2,1-3H3,(H,25,28)(H,27,31);2*1-2H3/b22-4?,26-5-;;. The number of rotatable bonds is 5. The van der Waals surface area contributed by atoms with Gasteiger partial charge in [0.25, 0.3) is 0 Å². The summed E-state index contributed by atoms with van der Waals surface area (Å²) >= 11 is 0. The first-order valence-corrected chi connectivity index (χ1v) is 11.7. The predicted octanol–water partition coefficient (Wildman–Crippen LogP) is 4.81. The maximum Gasteiger partial charge on any atom is 0.232 e. The molecule has 0 bridgehead atoms. The SMILES string of the molecule is CC.CC.Cc1cc2ncc3c(n2n1)C(C)(C)CC3C(=O)Nc1cnc(N/N=C\C=N)c(C#N)c1. The van der Waals surface area contributed by atoms with Crippen LogP contribution < -0.4 is 10.7 Å². The molecule has 0 radical (unpaired) electrons. The van der Waals surface area contributed by atoms with Crippen molar-refractivity contribution < 1.29 is 4.79 Å². The fourth-order valence-electron chi connectivity index (χ4n) is 4.02. The molecule has 0 aliphatic heterocycles. The highest BCUT2D eigenvalue weighted by Gasteiger charge is 2.43. The minimum Gasteiger partial charge on any atom is -0.324 e. The van der Waals surface area contributed by atoms with Gasteiger partial charge in [-0.3, -0.25) is 10.2 Å². The number of pyridine rings is 1. The van der Waals surface area contributed by atoms with Crippen molar-refractivity contribution in [2.45, 2.75) is 66.2 Å². The molecular formula is C25H33N9O. The minimum absolute atomic E-state index is 0.190. The lowest BCUT2D eigenvalue weighted by molar-refractivity contribution is -0.117. The highest BCUT2D eigenvalue weighted by molar-refractivity contribution is 6.14. The van der Waals surface area contributed by atoms with Crippen LogP contribution in [0.1, 0.15) is 76.4 Å². The topological polar surface area (TPSA) is 144 Å². The first kappa shape index (κ1) is 27.1. The van der Waals surface area contributed by atoms with E-state index in [1.807, 2.05) is 51.3 Å². The van der Waals surface area contributed by atoms with Crippen LogP contribution in [0.25, 0.3) is 5.65 Å². The maximum atomic E-state index is 13.2. The van der Waals surface area contributed by atoms with Gasteiger partial charge in [0, 0.05) is 29.5 Å². The number of nitrogens with one attached hydrogen (secondary N) is 3. The van der Waals surface area contributed by atoms with Crippen LogP contribution in [0.5, 0.6) is 0 Å². The molecule has 10 heteroatoms. The zero-order valence-electron chi connectivity index (χ0n) is 21.3. The lowest BCUT2D eigenvalue weighted by Gasteiger charge is -2.19. The largest absolute Gasteiger partial charge is 0.324 e. The molecule has 3 aromatic rings. The van der Waals surface area contributed by atoms with E-state index < -0.39 is 5.92 Å². The molecule has 35 heavy (non-hydrogen) atoms. The third kappa shape index (κ3) is 5.69. The molecule has 1 amide bonds. The molecule has 3 N–H and O–H groups in total. The number of nitriles is 1. The summed E-state index contributed by atoms with van der Waals surface area (Å²) in [6.45, 7) is 14.1. The summed E-state index contributed by atoms with van der Waals surface area (Å²) in [5, 5.41) is 27.5. The van der Waals surface area contributed by atoms with E-state index in [1.165, 1.54) is 18.5 Å². The Morgan fingerprint density at radius 2 is 1.97 bits per heavy atom. The van der Waals surface area contributed by atoms with Crippen LogP contribution >= 0.6 is 0 Å². The number of aromatic nitrogens is 4. The van der Waals surface area contributed by atoms with Crippen LogP contribution in [0, 0.1) is 23.7 Å². The summed E-state index contributed by atoms with van der Waals surface area (Å²) in [6, 6.07) is 5.48. The molecule has 0 saturated heterocycles. The number of hydrazone groups is 1. The van der Waals surface area contributed by atoms with Crippen LogP contribution in [0.15, 0.2) is 29.6 Å². The molecule has 3 heterocycles. The third-order valence-corrected chi connectivity index (χ3v) is 5.28. The molecule has 0 spiro atoms. The van der Waals surface area contributed by atoms with Crippen LogP contribution in [-0.2, 0) is 10.2 Å². The van der Waals surface area contributed by atoms with Gasteiger partial charge in [-0.15, -0.1) is 0 Å². The lowest BCUT2D eigenvalue weighted by Crippen LogP contribution is -2.21. The Labute approximate surface area is 206 Å². The Kier molecular flexibility index (Phi) is 9.17. The normalized spacial score (nSPS) is 15.2. The van der Waals surface area contributed by atoms with E-state index in [-0.39, 0.29) is 22.7 Å². The fraction of sp³-hybridized carbons (Fsp3) is 0.400. The molecule has 0 fully saturated rings. The molecule has 1 unspecified atom stereocenters. The van der Waals surface area contributed by atoms with E-state index in [4.69, 9.17) is 5.41 Å². The third-order valence-electron chi connectivity index (χ3n) is 5.28. The quantitative estimate of drug-likeness (QED) is 0.357. The Morgan fingerprint density at radius 1 is 1.26 bits per heavy atom. The van der Waals surface area contributed by atoms with Gasteiger partial charge in [0.15, 0.2) is 11.5 Å². The van der Waals surface area contributed by atoms with E-state index in [2.05, 4.69) is 44.8 Å². The van der Waals surface area contributed by atoms with E-state index in [0.29, 0.717) is 12.1 Å². The average Bonchev–Trinajstić information content (AvgIpc) is 3.38. The second kappa shape index (κ2) is 11.8. The van der Waals surface area contributed by atoms with Crippen LogP contribution in [0.4, 0.5) is 11.5 Å². The number of amides is 1. The van der Waals surface area contributed by atoms with Crippen molar-refractivity contribution in [3.8, 4) is 6.07 Å². The average molecular weight is 476 g/mol. The van der Waals surface area contributed by atoms with Crippen LogP contribution in [0.2, 0.25) is 0 Å². The summed E-state index contributed by atoms with van der Waals surface area (Å²) in [6.07, 6.45) is 6.06. The Morgan fingerprint density at radius 3 is 2.63 bits per heavy atom. The zero-order chi connectivity index (χ0) is 26.2. The number of hydrogen-bond donors (Lipinski definition) is 3. The van der Waals surface area contributed by atoms with E-state index in [9.17, 15) is 10.1 Å². The van der Waals surface area contributed by atoms with Crippen LogP contribution in [-0.4, -0.2) is 37.9 Å². The van der Waals surface area contributed by atoms with Gasteiger partial charge in [-0.25, -0.2) is 14.5 Å². The molecule has 1 aliphatic carbocycles. The summed E-state index contributed by atoms with van der Waals surface area (Å²) in [5.74, 6) is -0.344. The molecule has 0 aromatic carbocycles. The second-order valence-electron chi connectivity index (χ2n) is 8.04. The first-order chi connectivity index (χ1) is 16.8. The van der Waals surface area contributed by atoms with E-state index >= 15 is 0 Å². The molecule has 10 nitrogen and oxygen atoms in total. The van der Waals surface area contributed by atoms with Crippen molar-refractivity contribution in [3.63, 3.8) is 0 Å². The highest BCUT2D eigenvalue weighted by Crippen LogP contribution is 2.45. The number of nitrogens with zero attached hydrogens (tertiary/aromatic N) is 6. The van der Waals surface area contributed by atoms with Gasteiger partial charge in [-0.2, -0.15) is 15.5 Å². The number of carbonyl (C=O) groups excluding carboxylic acids is 1. The number of carbonyl (C=O) groups is 1. The predicted molar refractivity (Wildman–Crippen MR) is 139 cm³/mol. The van der Waals surface area contributed by atoms with Gasteiger partial charge in [0.2, 0.25) is 5.91 Å². The summed E-state index contributed by atoms with van der Waals surface area (Å²) in [5.41, 5.74) is 6.46. The maximum absolute atomic E-state index is 13.2. The van der Waals surface area contributed by atoms with Gasteiger partial charge < -0.3 is 10.7 Å². The number of hydrogen-bond acceptors (Lipinski definition) is 8. The van der Waals surface area contributed by atoms with Gasteiger partial charge >= 0.3 is 0 Å². The molecule has 1 atom stereocenters. The smallest absolute Gasteiger partial charge is 0.232 e. The Balaban J connectivity index is 0.00000103. The van der Waals surface area contributed by atoms with Gasteiger partial charge in [0.1, 0.15) is 6.07 Å². The Hall–Kier alpha value is -4.13. The molecule has 3 aromatic heterocycles. The van der Waals surface area contributed by atoms with Crippen molar-refractivity contribution in [2.24, 2.45) is 5.10 Å². The van der Waals surface area contributed by atoms with Crippen molar-refractivity contribution in [2.75, 3.05) is 10.7 Å². The number of anilines is 2. The molecule has 1 aliphatic rings. The van der Waals surface area contributed by atoms with Crippen molar-refractivity contribution in [1.29, 1.82) is 10.7 Å². The van der Waals surface area contributed by atoms with Crippen molar-refractivity contribution in [3.05, 3.63) is 47.0 Å². The van der Waals surface area contributed by atoms with E-state index in [1.54, 1.807) is 6.20 Å². The van der Waals surface area contributed by atoms with Crippen molar-refractivity contribution >= 4 is 35.5 Å². The Bertz CT molecular complexity index is 1270. The van der Waals surface area contributed by atoms with Gasteiger partial charge in [-0.05, 0) is 19.4 Å². The summed E-state index contributed by atoms with van der Waals surface area (Å²) in [7, 11) is 0. The number of fused-ring (bicyclic) bond motifs is 3. The monoisotopic (exact) mass is 475 g/mol. The molecule has 4 rings (SSSR count). The lowest BCUT2D eigenvalue weighted by atomic mass is 9.88. The summed E-state index contributed by atoms with van der Waals surface area (Å²) in [4.78, 5) is 21.8. The number of aryl methyl sites for hydroxylation is 1. The van der Waals surface area contributed by atoms with Gasteiger partial charge in [0.05, 0.1) is 41.0 Å². The summed E-state index contributed by atoms with van der Waals surface area (Å²) < 4.78 is 1.84. The zero-order valence-corrected chi connectivity index (χ0v) is 21.3. The minimum atomic E-state index is -0.396. The molecule has 184 valence electrons. The highest BCUT2D eigenvalue weighted by atomic mass is 16.1. The fourth-order valence-corrected chi connectivity index (χ4v) is 4.02. The van der Waals surface area contributed by atoms with Crippen LogP contribution in [0.3, 0.4) is 0 Å². The van der Waals surface area contributed by atoms with Crippen molar-refractivity contribution in [1.82, 2.24) is 19.6 Å². The second-order valence-corrected chi connectivity index (χ2v) is 8.04. The molecular weight excluding hydrogens is 442 g/mol.